The van der Waals surface area contributed by atoms with Crippen molar-refractivity contribution in [2.45, 2.75) is 32.6 Å². The summed E-state index contributed by atoms with van der Waals surface area (Å²) in [7, 11) is 0. The number of benzene rings is 2. The number of aromatic nitrogens is 6. The zero-order chi connectivity index (χ0) is 25.0. The van der Waals surface area contributed by atoms with Gasteiger partial charge in [0, 0.05) is 35.6 Å². The molecule has 0 saturated carbocycles. The maximum atomic E-state index is 6.27. The number of aryl methyl sites for hydroxylation is 1. The Morgan fingerprint density at radius 1 is 0.944 bits per heavy atom. The van der Waals surface area contributed by atoms with E-state index in [1.54, 1.807) is 6.20 Å². The fraction of sp³-hybridized carbons (Fsp3) is 0.179. The molecule has 0 saturated heterocycles. The van der Waals surface area contributed by atoms with Gasteiger partial charge in [0.2, 0.25) is 0 Å². The second-order valence-corrected chi connectivity index (χ2v) is 9.24. The molecule has 0 radical (unpaired) electrons. The van der Waals surface area contributed by atoms with Gasteiger partial charge in [0.05, 0.1) is 0 Å². The average molecular weight is 478 g/mol. The summed E-state index contributed by atoms with van der Waals surface area (Å²) in [6.45, 7) is 6.30. The van der Waals surface area contributed by atoms with Crippen molar-refractivity contribution in [3.63, 3.8) is 0 Å². The van der Waals surface area contributed by atoms with Gasteiger partial charge in [0.15, 0.2) is 11.6 Å². The van der Waals surface area contributed by atoms with Crippen molar-refractivity contribution in [1.82, 2.24) is 30.6 Å². The van der Waals surface area contributed by atoms with E-state index in [0.29, 0.717) is 29.6 Å². The van der Waals surface area contributed by atoms with Crippen LogP contribution in [0.4, 0.5) is 11.5 Å². The van der Waals surface area contributed by atoms with Gasteiger partial charge in [-0.2, -0.15) is 5.21 Å². The van der Waals surface area contributed by atoms with Crippen molar-refractivity contribution >= 4 is 11.5 Å². The largest absolute Gasteiger partial charge is 0.455 e. The van der Waals surface area contributed by atoms with E-state index >= 15 is 0 Å². The molecule has 180 valence electrons. The van der Waals surface area contributed by atoms with Crippen LogP contribution < -0.4 is 10.1 Å². The molecule has 36 heavy (non-hydrogen) atoms. The highest BCUT2D eigenvalue weighted by Crippen LogP contribution is 2.33. The van der Waals surface area contributed by atoms with Gasteiger partial charge < -0.3 is 10.1 Å². The second kappa shape index (κ2) is 9.95. The Labute approximate surface area is 209 Å². The molecule has 0 spiro atoms. The van der Waals surface area contributed by atoms with Gasteiger partial charge in [0.1, 0.15) is 17.3 Å². The van der Waals surface area contributed by atoms with Crippen LogP contribution in [0.2, 0.25) is 0 Å². The van der Waals surface area contributed by atoms with Crippen LogP contribution >= 0.6 is 0 Å². The summed E-state index contributed by atoms with van der Waals surface area (Å²) in [6, 6.07) is 25.9. The lowest BCUT2D eigenvalue weighted by molar-refractivity contribution is 0.481. The lowest BCUT2D eigenvalue weighted by Gasteiger charge is -2.24. The van der Waals surface area contributed by atoms with Gasteiger partial charge in [-0.05, 0) is 48.2 Å². The number of rotatable bonds is 8. The standard InChI is InChI=1S/C28H27N7O/c1-19-12-13-24(27(30-19)20-8-5-4-6-9-20)36-23-14-15-29-25(17-23)31-22-11-7-10-21(16-22)28(2,3)18-26-32-34-35-33-26/h4-17H,18H2,1-3H3,(H,29,31)(H,32,33,34,35). The van der Waals surface area contributed by atoms with Crippen molar-refractivity contribution < 1.29 is 4.74 Å². The predicted octanol–water partition coefficient (Wildman–Crippen LogP) is 6.02. The number of anilines is 2. The van der Waals surface area contributed by atoms with Gasteiger partial charge in [0.25, 0.3) is 0 Å². The minimum absolute atomic E-state index is 0.174. The monoisotopic (exact) mass is 477 g/mol. The summed E-state index contributed by atoms with van der Waals surface area (Å²) in [5, 5.41) is 17.8. The maximum Gasteiger partial charge on any atom is 0.175 e. The summed E-state index contributed by atoms with van der Waals surface area (Å²) in [4.78, 5) is 9.20. The van der Waals surface area contributed by atoms with E-state index < -0.39 is 0 Å². The lowest BCUT2D eigenvalue weighted by atomic mass is 9.81. The Kier molecular flexibility index (Phi) is 6.40. The highest BCUT2D eigenvalue weighted by atomic mass is 16.5. The normalized spacial score (nSPS) is 11.3. The predicted molar refractivity (Wildman–Crippen MR) is 139 cm³/mol. The summed E-state index contributed by atoms with van der Waals surface area (Å²) in [5.41, 5.74) is 4.65. The number of hydrogen-bond acceptors (Lipinski definition) is 7. The zero-order valence-corrected chi connectivity index (χ0v) is 20.4. The van der Waals surface area contributed by atoms with Crippen molar-refractivity contribution in [1.29, 1.82) is 0 Å². The molecule has 0 bridgehead atoms. The highest BCUT2D eigenvalue weighted by Gasteiger charge is 2.23. The average Bonchev–Trinajstić information content (AvgIpc) is 3.38. The Morgan fingerprint density at radius 3 is 2.61 bits per heavy atom. The Morgan fingerprint density at radius 2 is 1.81 bits per heavy atom. The van der Waals surface area contributed by atoms with Crippen LogP contribution in [0.3, 0.4) is 0 Å². The van der Waals surface area contributed by atoms with Crippen molar-refractivity contribution in [3.8, 4) is 22.8 Å². The number of ether oxygens (including phenoxy) is 1. The maximum absolute atomic E-state index is 6.27. The molecule has 3 aromatic heterocycles. The van der Waals surface area contributed by atoms with Gasteiger partial charge in [-0.3, -0.25) is 0 Å². The Hall–Kier alpha value is -4.59. The second-order valence-electron chi connectivity index (χ2n) is 9.24. The topological polar surface area (TPSA) is 102 Å². The number of H-pyrrole nitrogens is 1. The minimum atomic E-state index is -0.174. The first-order valence-electron chi connectivity index (χ1n) is 11.7. The van der Waals surface area contributed by atoms with Crippen LogP contribution in [-0.2, 0) is 11.8 Å². The molecule has 0 amide bonds. The van der Waals surface area contributed by atoms with Gasteiger partial charge in [-0.25, -0.2) is 9.97 Å². The third kappa shape index (κ3) is 5.38. The van der Waals surface area contributed by atoms with Crippen LogP contribution in [-0.4, -0.2) is 30.6 Å². The molecule has 2 N–H and O–H groups in total. The van der Waals surface area contributed by atoms with Gasteiger partial charge in [-0.1, -0.05) is 61.5 Å². The van der Waals surface area contributed by atoms with E-state index in [-0.39, 0.29) is 5.41 Å². The van der Waals surface area contributed by atoms with E-state index in [2.05, 4.69) is 56.9 Å². The molecule has 8 heteroatoms. The molecule has 0 aliphatic rings. The Bertz CT molecular complexity index is 1450. The molecule has 0 fully saturated rings. The van der Waals surface area contributed by atoms with Gasteiger partial charge >= 0.3 is 0 Å². The zero-order valence-electron chi connectivity index (χ0n) is 20.4. The molecule has 3 heterocycles. The molecule has 0 aliphatic heterocycles. The third-order valence-corrected chi connectivity index (χ3v) is 5.91. The van der Waals surface area contributed by atoms with Crippen molar-refractivity contribution in [2.75, 3.05) is 5.32 Å². The van der Waals surface area contributed by atoms with E-state index in [9.17, 15) is 0 Å². The quantitative estimate of drug-likeness (QED) is 0.282. The molecule has 2 aromatic carbocycles. The van der Waals surface area contributed by atoms with Crippen LogP contribution in [0.25, 0.3) is 11.3 Å². The molecule has 0 atom stereocenters. The number of pyridine rings is 2. The molecule has 8 nitrogen and oxygen atoms in total. The summed E-state index contributed by atoms with van der Waals surface area (Å²) >= 11 is 0. The van der Waals surface area contributed by atoms with Crippen LogP contribution in [0, 0.1) is 6.92 Å². The van der Waals surface area contributed by atoms with Gasteiger partial charge in [-0.15, -0.1) is 10.2 Å². The van der Waals surface area contributed by atoms with E-state index in [1.807, 2.05) is 73.7 Å². The molecular weight excluding hydrogens is 450 g/mol. The summed E-state index contributed by atoms with van der Waals surface area (Å²) in [6.07, 6.45) is 2.40. The fourth-order valence-electron chi connectivity index (χ4n) is 4.02. The SMILES string of the molecule is Cc1ccc(Oc2ccnc(Nc3cccc(C(C)(C)Cc4nn[nH]n4)c3)c2)c(-c2ccccc2)n1. The van der Waals surface area contributed by atoms with Crippen LogP contribution in [0.1, 0.15) is 30.9 Å². The van der Waals surface area contributed by atoms with E-state index in [4.69, 9.17) is 9.72 Å². The van der Waals surface area contributed by atoms with E-state index in [0.717, 1.165) is 28.2 Å². The first-order valence-corrected chi connectivity index (χ1v) is 11.7. The number of hydrogen-bond donors (Lipinski definition) is 2. The smallest absolute Gasteiger partial charge is 0.175 e. The van der Waals surface area contributed by atoms with E-state index in [1.165, 1.54) is 0 Å². The fourth-order valence-corrected chi connectivity index (χ4v) is 4.02. The number of aromatic amines is 1. The number of tetrazole rings is 1. The van der Waals surface area contributed by atoms with Crippen LogP contribution in [0.5, 0.6) is 11.5 Å². The molecular formula is C28H27N7O. The van der Waals surface area contributed by atoms with Crippen molar-refractivity contribution in [2.24, 2.45) is 0 Å². The van der Waals surface area contributed by atoms with Crippen LogP contribution in [0.15, 0.2) is 85.1 Å². The minimum Gasteiger partial charge on any atom is -0.455 e. The molecule has 0 aliphatic carbocycles. The summed E-state index contributed by atoms with van der Waals surface area (Å²) in [5.74, 6) is 2.73. The first kappa shape index (κ1) is 23.2. The molecule has 5 rings (SSSR count). The number of nitrogens with one attached hydrogen (secondary N) is 2. The molecule has 5 aromatic rings. The lowest BCUT2D eigenvalue weighted by Crippen LogP contribution is -2.21. The third-order valence-electron chi connectivity index (χ3n) is 5.91. The van der Waals surface area contributed by atoms with Crippen molar-refractivity contribution in [3.05, 3.63) is 102 Å². The highest BCUT2D eigenvalue weighted by molar-refractivity contribution is 5.67. The Balaban J connectivity index is 1.36. The summed E-state index contributed by atoms with van der Waals surface area (Å²) < 4.78 is 6.27. The first-order chi connectivity index (χ1) is 17.5. The number of nitrogens with zero attached hydrogens (tertiary/aromatic N) is 5. The molecule has 0 unspecified atom stereocenters.